The predicted molar refractivity (Wildman–Crippen MR) is 120 cm³/mol. The molecule has 0 N–H and O–H groups in total. The Morgan fingerprint density at radius 3 is 2.63 bits per heavy atom. The highest BCUT2D eigenvalue weighted by Gasteiger charge is 2.44. The van der Waals surface area contributed by atoms with E-state index in [-0.39, 0.29) is 29.4 Å². The van der Waals surface area contributed by atoms with Crippen molar-refractivity contribution in [2.75, 3.05) is 18.6 Å². The summed E-state index contributed by atoms with van der Waals surface area (Å²) in [5, 5.41) is 6.94. The van der Waals surface area contributed by atoms with Gasteiger partial charge in [0.05, 0.1) is 24.8 Å². The third kappa shape index (κ3) is 3.33. The molecule has 0 aromatic heterocycles. The maximum Gasteiger partial charge on any atom is 0.247 e. The van der Waals surface area contributed by atoms with Crippen LogP contribution >= 0.6 is 11.8 Å². The number of amides is 1. The highest BCUT2D eigenvalue weighted by Crippen LogP contribution is 2.46. The Morgan fingerprint density at radius 1 is 1.17 bits per heavy atom. The molecule has 0 unspecified atom stereocenters. The number of nitrogens with zero attached hydrogens (tertiary/aromatic N) is 2. The predicted octanol–water partition coefficient (Wildman–Crippen LogP) is 4.43. The van der Waals surface area contributed by atoms with Crippen molar-refractivity contribution in [1.82, 2.24) is 5.01 Å². The van der Waals surface area contributed by atoms with Crippen LogP contribution < -0.4 is 9.47 Å². The molecule has 0 spiro atoms. The number of methoxy groups -OCH3 is 1. The molecule has 30 heavy (non-hydrogen) atoms. The van der Waals surface area contributed by atoms with Crippen LogP contribution in [0.4, 0.5) is 0 Å². The van der Waals surface area contributed by atoms with E-state index in [4.69, 9.17) is 14.6 Å². The SMILES string of the molecule is COc1ccc(C2=NN(C3CCSCC3)C(=O)[C@H]3CC=CC[C@@H]23)c2c1OC(C)(C)C2. The van der Waals surface area contributed by atoms with Crippen LogP contribution in [0.1, 0.15) is 50.7 Å². The van der Waals surface area contributed by atoms with Gasteiger partial charge in [0.25, 0.3) is 0 Å². The van der Waals surface area contributed by atoms with Crippen LogP contribution in [0.25, 0.3) is 0 Å². The van der Waals surface area contributed by atoms with Gasteiger partial charge in [0, 0.05) is 23.5 Å². The van der Waals surface area contributed by atoms with Crippen molar-refractivity contribution in [3.05, 3.63) is 35.4 Å². The van der Waals surface area contributed by atoms with E-state index in [0.29, 0.717) is 0 Å². The Balaban J connectivity index is 1.62. The molecule has 0 radical (unpaired) electrons. The zero-order valence-corrected chi connectivity index (χ0v) is 18.8. The average molecular weight is 427 g/mol. The van der Waals surface area contributed by atoms with Crippen molar-refractivity contribution < 1.29 is 14.3 Å². The number of hydrogen-bond acceptors (Lipinski definition) is 5. The van der Waals surface area contributed by atoms with Crippen LogP contribution in [-0.4, -0.2) is 46.9 Å². The molecule has 0 saturated carbocycles. The van der Waals surface area contributed by atoms with E-state index in [1.807, 2.05) is 22.8 Å². The van der Waals surface area contributed by atoms with E-state index in [2.05, 4.69) is 32.1 Å². The molecule has 3 heterocycles. The van der Waals surface area contributed by atoms with Crippen molar-refractivity contribution in [3.8, 4) is 11.5 Å². The largest absolute Gasteiger partial charge is 0.493 e. The average Bonchev–Trinajstić information content (AvgIpc) is 3.09. The van der Waals surface area contributed by atoms with Gasteiger partial charge in [0.15, 0.2) is 11.5 Å². The van der Waals surface area contributed by atoms with Gasteiger partial charge in [-0.05, 0) is 63.2 Å². The lowest BCUT2D eigenvalue weighted by Gasteiger charge is -2.41. The molecule has 160 valence electrons. The Labute approximate surface area is 182 Å². The smallest absolute Gasteiger partial charge is 0.247 e. The maximum absolute atomic E-state index is 13.4. The van der Waals surface area contributed by atoms with Gasteiger partial charge in [-0.25, -0.2) is 5.01 Å². The summed E-state index contributed by atoms with van der Waals surface area (Å²) in [6.45, 7) is 4.22. The van der Waals surface area contributed by atoms with E-state index in [1.54, 1.807) is 7.11 Å². The van der Waals surface area contributed by atoms with Gasteiger partial charge >= 0.3 is 0 Å². The number of thioether (sulfide) groups is 1. The molecular formula is C24H30N2O3S. The lowest BCUT2D eigenvalue weighted by atomic mass is 9.75. The number of fused-ring (bicyclic) bond motifs is 2. The van der Waals surface area contributed by atoms with Gasteiger partial charge in [-0.3, -0.25) is 4.79 Å². The molecule has 1 aromatic carbocycles. The summed E-state index contributed by atoms with van der Waals surface area (Å²) in [7, 11) is 1.69. The summed E-state index contributed by atoms with van der Waals surface area (Å²) in [4.78, 5) is 13.4. The van der Waals surface area contributed by atoms with Crippen molar-refractivity contribution in [3.63, 3.8) is 0 Å². The summed E-state index contributed by atoms with van der Waals surface area (Å²) in [5.41, 5.74) is 3.08. The summed E-state index contributed by atoms with van der Waals surface area (Å²) in [6, 6.07) is 4.34. The Morgan fingerprint density at radius 2 is 1.90 bits per heavy atom. The molecule has 1 amide bonds. The Bertz CT molecular complexity index is 917. The molecule has 1 fully saturated rings. The fourth-order valence-corrected chi connectivity index (χ4v) is 6.36. The van der Waals surface area contributed by atoms with Crippen LogP contribution in [0.15, 0.2) is 29.4 Å². The van der Waals surface area contributed by atoms with Crippen molar-refractivity contribution in [2.45, 2.75) is 57.6 Å². The highest BCUT2D eigenvalue weighted by molar-refractivity contribution is 7.99. The first-order chi connectivity index (χ1) is 14.5. The van der Waals surface area contributed by atoms with Crippen LogP contribution in [0.2, 0.25) is 0 Å². The second-order valence-corrected chi connectivity index (χ2v) is 10.6. The van der Waals surface area contributed by atoms with Crippen molar-refractivity contribution in [1.29, 1.82) is 0 Å². The third-order valence-corrected chi connectivity index (χ3v) is 7.83. The monoisotopic (exact) mass is 426 g/mol. The van der Waals surface area contributed by atoms with Gasteiger partial charge in [0.1, 0.15) is 5.60 Å². The maximum atomic E-state index is 13.4. The number of carbonyl (C=O) groups excluding carboxylic acids is 1. The van der Waals surface area contributed by atoms with Crippen molar-refractivity contribution in [2.24, 2.45) is 16.9 Å². The van der Waals surface area contributed by atoms with Crippen LogP contribution in [0.5, 0.6) is 11.5 Å². The van der Waals surface area contributed by atoms with Gasteiger partial charge in [0.2, 0.25) is 5.91 Å². The molecule has 4 aliphatic rings. The van der Waals surface area contributed by atoms with Crippen molar-refractivity contribution >= 4 is 23.4 Å². The number of carbonyl (C=O) groups is 1. The van der Waals surface area contributed by atoms with E-state index < -0.39 is 0 Å². The van der Waals surface area contributed by atoms with Crippen LogP contribution in [0.3, 0.4) is 0 Å². The third-order valence-electron chi connectivity index (χ3n) is 6.78. The van der Waals surface area contributed by atoms with E-state index in [0.717, 1.165) is 66.4 Å². The highest BCUT2D eigenvalue weighted by atomic mass is 32.2. The quantitative estimate of drug-likeness (QED) is 0.671. The van der Waals surface area contributed by atoms with E-state index in [1.165, 1.54) is 5.56 Å². The zero-order chi connectivity index (χ0) is 20.9. The van der Waals surface area contributed by atoms with Crippen LogP contribution in [0, 0.1) is 11.8 Å². The number of rotatable bonds is 3. The summed E-state index contributed by atoms with van der Waals surface area (Å²) < 4.78 is 11.9. The second-order valence-electron chi connectivity index (χ2n) is 9.33. The standard InChI is InChI=1S/C24H30N2O3S/c1-24(2)14-19-17(8-9-20(28-3)22(19)29-24)21-16-6-4-5-7-18(16)23(27)26(25-21)15-10-12-30-13-11-15/h4-5,8-9,15-16,18H,6-7,10-14H2,1-3H3/t16-,18+/m1/s1. The lowest BCUT2D eigenvalue weighted by Crippen LogP contribution is -2.50. The van der Waals surface area contributed by atoms with Crippen LogP contribution in [-0.2, 0) is 11.2 Å². The number of hydrazone groups is 1. The summed E-state index contributed by atoms with van der Waals surface area (Å²) in [6.07, 6.45) is 8.92. The Kier molecular flexibility index (Phi) is 5.08. The first kappa shape index (κ1) is 20.0. The van der Waals surface area contributed by atoms with Gasteiger partial charge < -0.3 is 9.47 Å². The topological polar surface area (TPSA) is 51.1 Å². The molecule has 2 atom stereocenters. The summed E-state index contributed by atoms with van der Waals surface area (Å²) >= 11 is 1.98. The lowest BCUT2D eigenvalue weighted by molar-refractivity contribution is -0.140. The molecule has 1 aromatic rings. The number of benzene rings is 1. The normalized spacial score (nSPS) is 27.9. The first-order valence-corrected chi connectivity index (χ1v) is 12.2. The van der Waals surface area contributed by atoms with E-state index in [9.17, 15) is 4.79 Å². The van der Waals surface area contributed by atoms with Gasteiger partial charge in [-0.15, -0.1) is 0 Å². The minimum absolute atomic E-state index is 0.00911. The fraction of sp³-hybridized carbons (Fsp3) is 0.583. The molecule has 0 bridgehead atoms. The van der Waals surface area contributed by atoms with Gasteiger partial charge in [-0.2, -0.15) is 16.9 Å². The molecular weight excluding hydrogens is 396 g/mol. The van der Waals surface area contributed by atoms with Gasteiger partial charge in [-0.1, -0.05) is 12.2 Å². The first-order valence-electron chi connectivity index (χ1n) is 11.0. The number of allylic oxidation sites excluding steroid dienone is 2. The zero-order valence-electron chi connectivity index (χ0n) is 18.0. The molecule has 1 aliphatic carbocycles. The minimum atomic E-state index is -0.275. The molecule has 3 aliphatic heterocycles. The summed E-state index contributed by atoms with van der Waals surface area (Å²) in [5.74, 6) is 4.16. The van der Waals surface area contributed by atoms with E-state index >= 15 is 0 Å². The molecule has 5 nitrogen and oxygen atoms in total. The fourth-order valence-electron chi connectivity index (χ4n) is 5.28. The molecule has 6 heteroatoms. The number of ether oxygens (including phenoxy) is 2. The Hall–Kier alpha value is -1.95. The molecule has 5 rings (SSSR count). The second kappa shape index (κ2) is 7.63. The number of hydrogen-bond donors (Lipinski definition) is 0. The molecule has 1 saturated heterocycles. The minimum Gasteiger partial charge on any atom is -0.493 e.